The van der Waals surface area contributed by atoms with E-state index in [1.54, 1.807) is 0 Å². The van der Waals surface area contributed by atoms with E-state index in [4.69, 9.17) is 16.3 Å². The minimum Gasteiger partial charge on any atom is -0.378 e. The van der Waals surface area contributed by atoms with Crippen LogP contribution in [-0.2, 0) is 9.53 Å². The number of hydrogen-bond donors (Lipinski definition) is 2. The fraction of sp³-hybridized carbons (Fsp3) is 0.350. The highest BCUT2D eigenvalue weighted by Gasteiger charge is 2.14. The Labute approximate surface area is 159 Å². The maximum Gasteiger partial charge on any atom is 0.246 e. The second-order valence-corrected chi connectivity index (χ2v) is 6.87. The Hall–Kier alpha value is -2.24. The van der Waals surface area contributed by atoms with Crippen LogP contribution in [0, 0.1) is 6.92 Å². The molecule has 138 valence electrons. The Balaban J connectivity index is 1.57. The molecule has 1 saturated heterocycles. The van der Waals surface area contributed by atoms with Crippen molar-refractivity contribution in [2.45, 2.75) is 19.9 Å². The van der Waals surface area contributed by atoms with E-state index >= 15 is 0 Å². The SMILES string of the molecule is Cc1ccc(N[C@@H](C)C(=O)Nc2ccc(N3CCOCC3)cc2)cc1Cl. The first kappa shape index (κ1) is 18.5. The average Bonchev–Trinajstić information content (AvgIpc) is 2.66. The number of amides is 1. The minimum atomic E-state index is -0.382. The van der Waals surface area contributed by atoms with Gasteiger partial charge in [-0.15, -0.1) is 0 Å². The zero-order chi connectivity index (χ0) is 18.5. The van der Waals surface area contributed by atoms with Gasteiger partial charge in [0.2, 0.25) is 5.91 Å². The number of benzene rings is 2. The van der Waals surface area contributed by atoms with Crippen molar-refractivity contribution in [3.63, 3.8) is 0 Å². The summed E-state index contributed by atoms with van der Waals surface area (Å²) in [6.07, 6.45) is 0. The van der Waals surface area contributed by atoms with E-state index in [0.717, 1.165) is 48.9 Å². The maximum atomic E-state index is 12.4. The van der Waals surface area contributed by atoms with Crippen LogP contribution in [0.25, 0.3) is 0 Å². The first-order valence-electron chi connectivity index (χ1n) is 8.79. The molecule has 1 aliphatic rings. The van der Waals surface area contributed by atoms with Gasteiger partial charge in [-0.3, -0.25) is 4.79 Å². The van der Waals surface area contributed by atoms with E-state index in [2.05, 4.69) is 15.5 Å². The highest BCUT2D eigenvalue weighted by molar-refractivity contribution is 6.31. The molecule has 1 amide bonds. The number of nitrogens with zero attached hydrogens (tertiary/aromatic N) is 1. The molecule has 6 heteroatoms. The van der Waals surface area contributed by atoms with Gasteiger partial charge in [-0.1, -0.05) is 17.7 Å². The normalized spacial score (nSPS) is 15.4. The average molecular weight is 374 g/mol. The summed E-state index contributed by atoms with van der Waals surface area (Å²) in [6.45, 7) is 7.07. The van der Waals surface area contributed by atoms with Gasteiger partial charge in [0, 0.05) is 35.2 Å². The van der Waals surface area contributed by atoms with Crippen LogP contribution in [0.5, 0.6) is 0 Å². The van der Waals surface area contributed by atoms with Crippen LogP contribution in [-0.4, -0.2) is 38.3 Å². The molecular weight excluding hydrogens is 350 g/mol. The molecule has 0 aromatic heterocycles. The van der Waals surface area contributed by atoms with Crippen molar-refractivity contribution in [3.05, 3.63) is 53.1 Å². The smallest absolute Gasteiger partial charge is 0.246 e. The van der Waals surface area contributed by atoms with Crippen molar-refractivity contribution < 1.29 is 9.53 Å². The largest absolute Gasteiger partial charge is 0.378 e. The second-order valence-electron chi connectivity index (χ2n) is 6.47. The molecule has 0 aliphatic carbocycles. The third-order valence-corrected chi connectivity index (χ3v) is 4.87. The Morgan fingerprint density at radius 1 is 1.12 bits per heavy atom. The molecule has 1 aliphatic heterocycles. The maximum absolute atomic E-state index is 12.4. The van der Waals surface area contributed by atoms with Gasteiger partial charge in [-0.25, -0.2) is 0 Å². The Morgan fingerprint density at radius 3 is 2.42 bits per heavy atom. The Morgan fingerprint density at radius 2 is 1.77 bits per heavy atom. The summed E-state index contributed by atoms with van der Waals surface area (Å²) in [5, 5.41) is 6.80. The zero-order valence-electron chi connectivity index (χ0n) is 15.1. The number of carbonyl (C=O) groups is 1. The number of aryl methyl sites for hydroxylation is 1. The van der Waals surface area contributed by atoms with Crippen LogP contribution in [0.3, 0.4) is 0 Å². The standard InChI is InChI=1S/C20H24ClN3O2/c1-14-3-4-17(13-19(14)21)22-15(2)20(25)23-16-5-7-18(8-6-16)24-9-11-26-12-10-24/h3-8,13,15,22H,9-12H2,1-2H3,(H,23,25)/t15-/m0/s1. The van der Waals surface area contributed by atoms with Crippen LogP contribution in [0.4, 0.5) is 17.1 Å². The lowest BCUT2D eigenvalue weighted by Crippen LogP contribution is -2.36. The van der Waals surface area contributed by atoms with Crippen molar-refractivity contribution in [1.29, 1.82) is 0 Å². The molecule has 5 nitrogen and oxygen atoms in total. The van der Waals surface area contributed by atoms with Gasteiger partial charge in [0.1, 0.15) is 6.04 Å². The highest BCUT2D eigenvalue weighted by atomic mass is 35.5. The van der Waals surface area contributed by atoms with Crippen LogP contribution >= 0.6 is 11.6 Å². The first-order valence-corrected chi connectivity index (χ1v) is 9.17. The highest BCUT2D eigenvalue weighted by Crippen LogP contribution is 2.21. The summed E-state index contributed by atoms with van der Waals surface area (Å²) in [5.74, 6) is -0.0965. The van der Waals surface area contributed by atoms with Crippen LogP contribution < -0.4 is 15.5 Å². The molecule has 2 aromatic rings. The number of halogens is 1. The third-order valence-electron chi connectivity index (χ3n) is 4.46. The number of nitrogens with one attached hydrogen (secondary N) is 2. The fourth-order valence-electron chi connectivity index (χ4n) is 2.83. The molecule has 0 saturated carbocycles. The van der Waals surface area contributed by atoms with Crippen molar-refractivity contribution >= 4 is 34.6 Å². The number of ether oxygens (including phenoxy) is 1. The first-order chi connectivity index (χ1) is 12.5. The summed E-state index contributed by atoms with van der Waals surface area (Å²) < 4.78 is 5.37. The number of anilines is 3. The quantitative estimate of drug-likeness (QED) is 0.834. The summed E-state index contributed by atoms with van der Waals surface area (Å²) in [4.78, 5) is 14.7. The fourth-order valence-corrected chi connectivity index (χ4v) is 3.01. The zero-order valence-corrected chi connectivity index (χ0v) is 15.8. The molecule has 0 spiro atoms. The van der Waals surface area contributed by atoms with E-state index in [0.29, 0.717) is 5.02 Å². The topological polar surface area (TPSA) is 53.6 Å². The van der Waals surface area contributed by atoms with E-state index in [1.165, 1.54) is 0 Å². The summed E-state index contributed by atoms with van der Waals surface area (Å²) in [5.41, 5.74) is 3.76. The summed E-state index contributed by atoms with van der Waals surface area (Å²) >= 11 is 6.13. The summed E-state index contributed by atoms with van der Waals surface area (Å²) in [6, 6.07) is 13.2. The number of carbonyl (C=O) groups excluding carboxylic acids is 1. The van der Waals surface area contributed by atoms with Gasteiger partial charge in [0.25, 0.3) is 0 Å². The van der Waals surface area contributed by atoms with Crippen molar-refractivity contribution in [3.8, 4) is 0 Å². The van der Waals surface area contributed by atoms with Gasteiger partial charge < -0.3 is 20.3 Å². The van der Waals surface area contributed by atoms with Crippen molar-refractivity contribution in [2.24, 2.45) is 0 Å². The Kier molecular flexibility index (Phi) is 6.01. The van der Waals surface area contributed by atoms with Gasteiger partial charge in [0.15, 0.2) is 0 Å². The molecule has 2 N–H and O–H groups in total. The summed E-state index contributed by atoms with van der Waals surface area (Å²) in [7, 11) is 0. The predicted octanol–water partition coefficient (Wildman–Crippen LogP) is 3.92. The van der Waals surface area contributed by atoms with Gasteiger partial charge >= 0.3 is 0 Å². The number of morpholine rings is 1. The molecule has 3 rings (SSSR count). The lowest BCUT2D eigenvalue weighted by Gasteiger charge is -2.29. The van der Waals surface area contributed by atoms with Crippen LogP contribution in [0.15, 0.2) is 42.5 Å². The number of rotatable bonds is 5. The van der Waals surface area contributed by atoms with E-state index < -0.39 is 0 Å². The van der Waals surface area contributed by atoms with Gasteiger partial charge in [0.05, 0.1) is 13.2 Å². The molecule has 2 aromatic carbocycles. The third kappa shape index (κ3) is 4.68. The van der Waals surface area contributed by atoms with Crippen molar-refractivity contribution in [1.82, 2.24) is 0 Å². The van der Waals surface area contributed by atoms with Gasteiger partial charge in [-0.05, 0) is 55.8 Å². The molecule has 0 radical (unpaired) electrons. The molecule has 1 fully saturated rings. The van der Waals surface area contributed by atoms with E-state index in [-0.39, 0.29) is 11.9 Å². The molecule has 1 heterocycles. The predicted molar refractivity (Wildman–Crippen MR) is 107 cm³/mol. The lowest BCUT2D eigenvalue weighted by molar-refractivity contribution is -0.116. The molecule has 0 unspecified atom stereocenters. The monoisotopic (exact) mass is 373 g/mol. The van der Waals surface area contributed by atoms with E-state index in [1.807, 2.05) is 56.3 Å². The second kappa shape index (κ2) is 8.43. The van der Waals surface area contributed by atoms with Crippen LogP contribution in [0.1, 0.15) is 12.5 Å². The lowest BCUT2D eigenvalue weighted by atomic mass is 10.2. The van der Waals surface area contributed by atoms with Crippen molar-refractivity contribution in [2.75, 3.05) is 41.8 Å². The minimum absolute atomic E-state index is 0.0965. The molecular formula is C20H24ClN3O2. The van der Waals surface area contributed by atoms with E-state index in [9.17, 15) is 4.79 Å². The molecule has 26 heavy (non-hydrogen) atoms. The number of hydrogen-bond acceptors (Lipinski definition) is 4. The molecule has 1 atom stereocenters. The Bertz CT molecular complexity index is 758. The van der Waals surface area contributed by atoms with Gasteiger partial charge in [-0.2, -0.15) is 0 Å². The van der Waals surface area contributed by atoms with Crippen LogP contribution in [0.2, 0.25) is 5.02 Å². The molecule has 0 bridgehead atoms.